The number of carbonyl (C=O) groups is 1. The van der Waals surface area contributed by atoms with Gasteiger partial charge in [-0.1, -0.05) is 6.07 Å². The van der Waals surface area contributed by atoms with Crippen molar-refractivity contribution >= 4 is 17.0 Å². The largest absolute Gasteiger partial charge is 0.465 e. The summed E-state index contributed by atoms with van der Waals surface area (Å²) >= 11 is 0. The Morgan fingerprint density at radius 3 is 2.76 bits per heavy atom. The molecule has 0 saturated heterocycles. The van der Waals surface area contributed by atoms with E-state index in [1.807, 2.05) is 37.1 Å². The molecule has 3 rings (SSSR count). The van der Waals surface area contributed by atoms with Gasteiger partial charge in [-0.15, -0.1) is 0 Å². The average Bonchev–Trinajstić information content (AvgIpc) is 3.12. The van der Waals surface area contributed by atoms with Crippen LogP contribution in [0.2, 0.25) is 0 Å². The second-order valence-corrected chi connectivity index (χ2v) is 7.37. The lowest BCUT2D eigenvalue weighted by Gasteiger charge is -2.24. The normalized spacial score (nSPS) is 12.0. The van der Waals surface area contributed by atoms with Gasteiger partial charge in [-0.25, -0.2) is 4.79 Å². The Bertz CT molecular complexity index is 905. The molecule has 132 valence electrons. The maximum absolute atomic E-state index is 11.0. The summed E-state index contributed by atoms with van der Waals surface area (Å²) in [6.07, 6.45) is 5.48. The molecule has 0 unspecified atom stereocenters. The zero-order valence-electron chi connectivity index (χ0n) is 15.0. The molecule has 2 heterocycles. The van der Waals surface area contributed by atoms with Crippen molar-refractivity contribution in [3.8, 4) is 11.1 Å². The van der Waals surface area contributed by atoms with Crippen LogP contribution < -0.4 is 5.32 Å². The van der Waals surface area contributed by atoms with Gasteiger partial charge in [0.15, 0.2) is 0 Å². The first-order chi connectivity index (χ1) is 11.7. The number of aromatic amines is 1. The standard InChI is InChI=1S/C19H24N4O2/c1-12(2)23-11-15(10-21-23)13-5-6-17-16(7-13)14(9-20-17)8-19(3,4)22-18(24)25/h5-7,9-12,20,22H,8H2,1-4H3,(H,24,25). The second-order valence-electron chi connectivity index (χ2n) is 7.37. The first-order valence-electron chi connectivity index (χ1n) is 8.41. The van der Waals surface area contributed by atoms with Crippen LogP contribution in [0.3, 0.4) is 0 Å². The molecule has 6 heteroatoms. The van der Waals surface area contributed by atoms with Crippen LogP contribution in [0.1, 0.15) is 39.3 Å². The number of aromatic nitrogens is 3. The summed E-state index contributed by atoms with van der Waals surface area (Å²) < 4.78 is 1.94. The zero-order chi connectivity index (χ0) is 18.2. The predicted octanol–water partition coefficient (Wildman–Crippen LogP) is 4.20. The topological polar surface area (TPSA) is 82.9 Å². The number of nitrogens with one attached hydrogen (secondary N) is 2. The fourth-order valence-electron chi connectivity index (χ4n) is 3.08. The first-order valence-corrected chi connectivity index (χ1v) is 8.41. The van der Waals surface area contributed by atoms with E-state index in [9.17, 15) is 4.79 Å². The van der Waals surface area contributed by atoms with Gasteiger partial charge in [-0.2, -0.15) is 5.10 Å². The molecule has 0 saturated carbocycles. The van der Waals surface area contributed by atoms with Gasteiger partial charge in [0.1, 0.15) is 0 Å². The Hall–Kier alpha value is -2.76. The number of amides is 1. The van der Waals surface area contributed by atoms with E-state index in [2.05, 4.69) is 47.4 Å². The van der Waals surface area contributed by atoms with Crippen molar-refractivity contribution in [3.05, 3.63) is 42.4 Å². The number of hydrogen-bond acceptors (Lipinski definition) is 2. The van der Waals surface area contributed by atoms with Crippen molar-refractivity contribution in [2.75, 3.05) is 0 Å². The number of carboxylic acid groups (broad SMARTS) is 1. The smallest absolute Gasteiger partial charge is 0.405 e. The van der Waals surface area contributed by atoms with E-state index in [4.69, 9.17) is 5.11 Å². The molecule has 2 aromatic heterocycles. The number of benzene rings is 1. The summed E-state index contributed by atoms with van der Waals surface area (Å²) in [5.74, 6) is 0. The van der Waals surface area contributed by atoms with Crippen molar-refractivity contribution in [1.29, 1.82) is 0 Å². The minimum absolute atomic E-state index is 0.322. The number of fused-ring (bicyclic) bond motifs is 1. The molecule has 0 aliphatic heterocycles. The van der Waals surface area contributed by atoms with Crippen LogP contribution in [-0.4, -0.2) is 31.5 Å². The molecule has 0 spiro atoms. The van der Waals surface area contributed by atoms with Crippen LogP contribution in [0.5, 0.6) is 0 Å². The molecule has 0 aliphatic carbocycles. The monoisotopic (exact) mass is 340 g/mol. The molecule has 3 aromatic rings. The van der Waals surface area contributed by atoms with E-state index in [1.54, 1.807) is 0 Å². The molecule has 1 aromatic carbocycles. The van der Waals surface area contributed by atoms with Gasteiger partial charge < -0.3 is 15.4 Å². The highest BCUT2D eigenvalue weighted by molar-refractivity contribution is 5.88. The highest BCUT2D eigenvalue weighted by Crippen LogP contribution is 2.28. The van der Waals surface area contributed by atoms with Crippen LogP contribution in [-0.2, 0) is 6.42 Å². The van der Waals surface area contributed by atoms with Gasteiger partial charge in [0.05, 0.1) is 6.20 Å². The number of nitrogens with zero attached hydrogens (tertiary/aromatic N) is 2. The van der Waals surface area contributed by atoms with Crippen LogP contribution in [0.15, 0.2) is 36.8 Å². The van der Waals surface area contributed by atoms with Crippen LogP contribution in [0.25, 0.3) is 22.0 Å². The van der Waals surface area contributed by atoms with Crippen LogP contribution in [0.4, 0.5) is 4.79 Å². The molecule has 6 nitrogen and oxygen atoms in total. The fourth-order valence-corrected chi connectivity index (χ4v) is 3.08. The lowest BCUT2D eigenvalue weighted by molar-refractivity contribution is 0.182. The highest BCUT2D eigenvalue weighted by atomic mass is 16.4. The van der Waals surface area contributed by atoms with Crippen molar-refractivity contribution in [2.24, 2.45) is 0 Å². The zero-order valence-corrected chi connectivity index (χ0v) is 15.0. The summed E-state index contributed by atoms with van der Waals surface area (Å²) in [4.78, 5) is 14.2. The molecule has 0 aliphatic rings. The first kappa shape index (κ1) is 17.1. The van der Waals surface area contributed by atoms with E-state index in [0.29, 0.717) is 12.5 Å². The SMILES string of the molecule is CC(C)n1cc(-c2ccc3[nH]cc(CC(C)(C)NC(=O)O)c3c2)cn1. The van der Waals surface area contributed by atoms with Gasteiger partial charge in [-0.3, -0.25) is 4.68 Å². The van der Waals surface area contributed by atoms with E-state index in [-0.39, 0.29) is 0 Å². The molecule has 0 atom stereocenters. The van der Waals surface area contributed by atoms with Crippen molar-refractivity contribution in [1.82, 2.24) is 20.1 Å². The minimum Gasteiger partial charge on any atom is -0.465 e. The van der Waals surface area contributed by atoms with E-state index < -0.39 is 11.6 Å². The summed E-state index contributed by atoms with van der Waals surface area (Å²) in [7, 11) is 0. The lowest BCUT2D eigenvalue weighted by atomic mass is 9.94. The molecule has 0 bridgehead atoms. The third-order valence-electron chi connectivity index (χ3n) is 4.31. The lowest BCUT2D eigenvalue weighted by Crippen LogP contribution is -2.44. The van der Waals surface area contributed by atoms with Crippen LogP contribution in [0, 0.1) is 0 Å². The van der Waals surface area contributed by atoms with E-state index in [1.165, 1.54) is 0 Å². The van der Waals surface area contributed by atoms with E-state index >= 15 is 0 Å². The summed E-state index contributed by atoms with van der Waals surface area (Å²) in [5.41, 5.74) is 3.77. The second kappa shape index (κ2) is 6.27. The summed E-state index contributed by atoms with van der Waals surface area (Å²) in [6.45, 7) is 7.97. The molecule has 0 radical (unpaired) electrons. The van der Waals surface area contributed by atoms with Gasteiger partial charge in [0.25, 0.3) is 0 Å². The molecule has 1 amide bonds. The fraction of sp³-hybridized carbons (Fsp3) is 0.368. The molecule has 3 N–H and O–H groups in total. The van der Waals surface area contributed by atoms with Gasteiger partial charge >= 0.3 is 6.09 Å². The van der Waals surface area contributed by atoms with Gasteiger partial charge in [0, 0.05) is 40.4 Å². The van der Waals surface area contributed by atoms with Crippen molar-refractivity contribution < 1.29 is 9.90 Å². The van der Waals surface area contributed by atoms with Crippen molar-refractivity contribution in [2.45, 2.75) is 45.7 Å². The number of hydrogen-bond donors (Lipinski definition) is 3. The number of H-pyrrole nitrogens is 1. The third kappa shape index (κ3) is 3.68. The molecular weight excluding hydrogens is 316 g/mol. The summed E-state index contributed by atoms with van der Waals surface area (Å²) in [6, 6.07) is 6.59. The third-order valence-corrected chi connectivity index (χ3v) is 4.31. The van der Waals surface area contributed by atoms with Gasteiger partial charge in [0.2, 0.25) is 0 Å². The Labute approximate surface area is 146 Å². The maximum atomic E-state index is 11.0. The van der Waals surface area contributed by atoms with Crippen molar-refractivity contribution in [3.63, 3.8) is 0 Å². The Kier molecular flexibility index (Phi) is 4.29. The van der Waals surface area contributed by atoms with Crippen LogP contribution >= 0.6 is 0 Å². The molecule has 25 heavy (non-hydrogen) atoms. The van der Waals surface area contributed by atoms with E-state index in [0.717, 1.165) is 27.6 Å². The predicted molar refractivity (Wildman–Crippen MR) is 98.8 cm³/mol. The Balaban J connectivity index is 1.95. The maximum Gasteiger partial charge on any atom is 0.405 e. The molecular formula is C19H24N4O2. The highest BCUT2D eigenvalue weighted by Gasteiger charge is 2.22. The Morgan fingerprint density at radius 1 is 1.36 bits per heavy atom. The quantitative estimate of drug-likeness (QED) is 0.651. The van der Waals surface area contributed by atoms with Gasteiger partial charge in [-0.05, 0) is 57.4 Å². The average molecular weight is 340 g/mol. The summed E-state index contributed by atoms with van der Waals surface area (Å²) in [5, 5.41) is 17.1. The Morgan fingerprint density at radius 2 is 2.12 bits per heavy atom. The number of rotatable bonds is 5. The minimum atomic E-state index is -1.01. The molecule has 0 fully saturated rings.